The van der Waals surface area contributed by atoms with E-state index in [-0.39, 0.29) is 0 Å². The van der Waals surface area contributed by atoms with Crippen LogP contribution in [0.25, 0.3) is 0 Å². The monoisotopic (exact) mass is 308 g/mol. The molecule has 122 valence electrons. The lowest BCUT2D eigenvalue weighted by Crippen LogP contribution is -2.46. The Labute approximate surface area is 123 Å². The van der Waals surface area contributed by atoms with E-state index in [2.05, 4.69) is 6.58 Å². The molecular formula is C14H23F3N2O2. The van der Waals surface area contributed by atoms with Crippen LogP contribution in [0.2, 0.25) is 0 Å². The van der Waals surface area contributed by atoms with E-state index in [1.165, 1.54) is 0 Å². The van der Waals surface area contributed by atoms with Gasteiger partial charge in [-0.15, -0.1) is 6.58 Å². The lowest BCUT2D eigenvalue weighted by molar-refractivity contribution is -0.141. The Bertz CT molecular complexity index is 348. The summed E-state index contributed by atoms with van der Waals surface area (Å²) in [5.41, 5.74) is 0. The molecule has 4 nitrogen and oxygen atoms in total. The zero-order chi connectivity index (χ0) is 15.9. The van der Waals surface area contributed by atoms with Crippen LogP contribution in [0.3, 0.4) is 0 Å². The predicted molar refractivity (Wildman–Crippen MR) is 73.7 cm³/mol. The first kappa shape index (κ1) is 18.0. The van der Waals surface area contributed by atoms with Crippen molar-refractivity contribution in [1.82, 2.24) is 10.2 Å². The number of allylic oxidation sites excluding steroid dienone is 1. The molecule has 7 heteroatoms. The average Bonchev–Trinajstić information content (AvgIpc) is 2.42. The largest absolute Gasteiger partial charge is 0.405 e. The van der Waals surface area contributed by atoms with Gasteiger partial charge in [0.2, 0.25) is 5.91 Å². The number of aliphatic hydroxyl groups is 1. The summed E-state index contributed by atoms with van der Waals surface area (Å²) in [5, 5.41) is 11.8. The van der Waals surface area contributed by atoms with E-state index >= 15 is 0 Å². The van der Waals surface area contributed by atoms with Gasteiger partial charge in [0, 0.05) is 13.1 Å². The van der Waals surface area contributed by atoms with E-state index in [0.717, 1.165) is 13.0 Å². The molecule has 1 saturated heterocycles. The zero-order valence-electron chi connectivity index (χ0n) is 12.0. The second-order valence-electron chi connectivity index (χ2n) is 5.45. The van der Waals surface area contributed by atoms with Crippen LogP contribution in [0.1, 0.15) is 25.7 Å². The van der Waals surface area contributed by atoms with Gasteiger partial charge in [-0.1, -0.05) is 6.08 Å². The van der Waals surface area contributed by atoms with Gasteiger partial charge in [-0.3, -0.25) is 9.69 Å². The van der Waals surface area contributed by atoms with E-state index in [0.29, 0.717) is 32.4 Å². The fraction of sp³-hybridized carbons (Fsp3) is 0.786. The SMILES string of the molecule is C=CCCC(O)CN1CCCC(C(=O)NCC(F)(F)F)C1. The van der Waals surface area contributed by atoms with Gasteiger partial charge in [-0.25, -0.2) is 0 Å². The highest BCUT2D eigenvalue weighted by molar-refractivity contribution is 5.79. The van der Waals surface area contributed by atoms with Crippen molar-refractivity contribution in [3.63, 3.8) is 0 Å². The number of rotatable bonds is 7. The third kappa shape index (κ3) is 7.47. The third-order valence-electron chi connectivity index (χ3n) is 3.51. The van der Waals surface area contributed by atoms with Crippen molar-refractivity contribution in [3.05, 3.63) is 12.7 Å². The number of carbonyl (C=O) groups excluding carboxylic acids is 1. The summed E-state index contributed by atoms with van der Waals surface area (Å²) in [6.45, 7) is 3.90. The van der Waals surface area contributed by atoms with Crippen LogP contribution in [0.15, 0.2) is 12.7 Å². The van der Waals surface area contributed by atoms with Gasteiger partial charge in [0.1, 0.15) is 6.54 Å². The summed E-state index contributed by atoms with van der Waals surface area (Å²) >= 11 is 0. The standard InChI is InChI=1S/C14H23F3N2O2/c1-2-3-6-12(20)9-19-7-4-5-11(8-19)13(21)18-10-14(15,16)17/h2,11-12,20H,1,3-10H2,(H,18,21). The summed E-state index contributed by atoms with van der Waals surface area (Å²) in [7, 11) is 0. The maximum Gasteiger partial charge on any atom is 0.405 e. The topological polar surface area (TPSA) is 52.6 Å². The zero-order valence-corrected chi connectivity index (χ0v) is 12.0. The Morgan fingerprint density at radius 1 is 1.52 bits per heavy atom. The van der Waals surface area contributed by atoms with Crippen LogP contribution in [0.4, 0.5) is 13.2 Å². The number of hydrogen-bond acceptors (Lipinski definition) is 3. The molecule has 1 aliphatic heterocycles. The van der Waals surface area contributed by atoms with E-state index in [9.17, 15) is 23.1 Å². The van der Waals surface area contributed by atoms with E-state index < -0.39 is 30.7 Å². The molecule has 0 aromatic rings. The summed E-state index contributed by atoms with van der Waals surface area (Å²) in [5.74, 6) is -0.995. The van der Waals surface area contributed by atoms with Gasteiger partial charge >= 0.3 is 6.18 Å². The molecule has 2 N–H and O–H groups in total. The highest BCUT2D eigenvalue weighted by Crippen LogP contribution is 2.18. The fourth-order valence-corrected chi connectivity index (χ4v) is 2.47. The lowest BCUT2D eigenvalue weighted by Gasteiger charge is -2.33. The number of alkyl halides is 3. The molecule has 1 heterocycles. The smallest absolute Gasteiger partial charge is 0.392 e. The molecule has 1 aliphatic rings. The number of β-amino-alcohol motifs (C(OH)–C–C–N with tert-alkyl or cyclic N) is 1. The Balaban J connectivity index is 2.37. The molecule has 0 aromatic heterocycles. The van der Waals surface area contributed by atoms with Crippen molar-refractivity contribution < 1.29 is 23.1 Å². The average molecular weight is 308 g/mol. The minimum Gasteiger partial charge on any atom is -0.392 e. The first-order chi connectivity index (χ1) is 9.81. The van der Waals surface area contributed by atoms with Crippen molar-refractivity contribution in [2.24, 2.45) is 5.92 Å². The number of nitrogens with zero attached hydrogens (tertiary/aromatic N) is 1. The Morgan fingerprint density at radius 3 is 2.86 bits per heavy atom. The van der Waals surface area contributed by atoms with E-state index in [4.69, 9.17) is 0 Å². The third-order valence-corrected chi connectivity index (χ3v) is 3.51. The molecule has 0 aliphatic carbocycles. The number of amides is 1. The summed E-state index contributed by atoms with van der Waals surface area (Å²) in [4.78, 5) is 13.7. The maximum absolute atomic E-state index is 12.1. The van der Waals surface area contributed by atoms with Crippen LogP contribution >= 0.6 is 0 Å². The quantitative estimate of drug-likeness (QED) is 0.704. The van der Waals surface area contributed by atoms with Crippen LogP contribution in [0, 0.1) is 5.92 Å². The number of likely N-dealkylation sites (tertiary alicyclic amines) is 1. The minimum atomic E-state index is -4.38. The van der Waals surface area contributed by atoms with Gasteiger partial charge in [0.05, 0.1) is 12.0 Å². The molecule has 0 radical (unpaired) electrons. The van der Waals surface area contributed by atoms with Crippen molar-refractivity contribution in [1.29, 1.82) is 0 Å². The number of piperidine rings is 1. The Kier molecular flexibility index (Phi) is 7.17. The molecule has 0 aromatic carbocycles. The first-order valence-corrected chi connectivity index (χ1v) is 7.17. The van der Waals surface area contributed by atoms with Gasteiger partial charge in [0.15, 0.2) is 0 Å². The normalized spacial score (nSPS) is 21.8. The summed E-state index contributed by atoms with van der Waals surface area (Å²) < 4.78 is 36.3. The molecule has 2 unspecified atom stereocenters. The summed E-state index contributed by atoms with van der Waals surface area (Å²) in [6.07, 6.45) is -0.506. The highest BCUT2D eigenvalue weighted by Gasteiger charge is 2.31. The maximum atomic E-state index is 12.1. The predicted octanol–water partition coefficient (Wildman–Crippen LogP) is 1.70. The van der Waals surface area contributed by atoms with Gasteiger partial charge in [-0.2, -0.15) is 13.2 Å². The second kappa shape index (κ2) is 8.38. The van der Waals surface area contributed by atoms with Crippen LogP contribution < -0.4 is 5.32 Å². The second-order valence-corrected chi connectivity index (χ2v) is 5.45. The van der Waals surface area contributed by atoms with Gasteiger partial charge in [0.25, 0.3) is 0 Å². The molecule has 1 amide bonds. The van der Waals surface area contributed by atoms with Crippen molar-refractivity contribution in [2.75, 3.05) is 26.2 Å². The van der Waals surface area contributed by atoms with Crippen molar-refractivity contribution in [2.45, 2.75) is 38.0 Å². The Hall–Kier alpha value is -1.08. The van der Waals surface area contributed by atoms with Crippen molar-refractivity contribution >= 4 is 5.91 Å². The molecule has 2 atom stereocenters. The minimum absolute atomic E-state index is 0.398. The first-order valence-electron chi connectivity index (χ1n) is 7.17. The number of aliphatic hydroxyl groups excluding tert-OH is 1. The van der Waals surface area contributed by atoms with E-state index in [1.807, 2.05) is 10.2 Å². The molecule has 21 heavy (non-hydrogen) atoms. The van der Waals surface area contributed by atoms with Crippen LogP contribution in [-0.2, 0) is 4.79 Å². The van der Waals surface area contributed by atoms with Gasteiger partial charge in [-0.05, 0) is 32.2 Å². The van der Waals surface area contributed by atoms with E-state index in [1.54, 1.807) is 6.08 Å². The molecule has 1 rings (SSSR count). The number of halogens is 3. The number of nitrogens with one attached hydrogen (secondary N) is 1. The molecule has 0 spiro atoms. The van der Waals surface area contributed by atoms with Crippen LogP contribution in [0.5, 0.6) is 0 Å². The highest BCUT2D eigenvalue weighted by atomic mass is 19.4. The van der Waals surface area contributed by atoms with Crippen molar-refractivity contribution in [3.8, 4) is 0 Å². The number of hydrogen-bond donors (Lipinski definition) is 2. The molecule has 0 bridgehead atoms. The lowest BCUT2D eigenvalue weighted by atomic mass is 9.96. The molecule has 0 saturated carbocycles. The number of carbonyl (C=O) groups is 1. The Morgan fingerprint density at radius 2 is 2.24 bits per heavy atom. The van der Waals surface area contributed by atoms with Gasteiger partial charge < -0.3 is 10.4 Å². The van der Waals surface area contributed by atoms with Crippen LogP contribution in [-0.4, -0.2) is 54.4 Å². The molecular weight excluding hydrogens is 285 g/mol. The fourth-order valence-electron chi connectivity index (χ4n) is 2.47. The summed E-state index contributed by atoms with van der Waals surface area (Å²) in [6, 6.07) is 0. The molecule has 1 fully saturated rings.